The third kappa shape index (κ3) is 1.86. The number of fused-ring (bicyclic) bond motifs is 1. The molecular formula is C9H12BrN3O2. The first-order valence-electron chi connectivity index (χ1n) is 4.91. The van der Waals surface area contributed by atoms with Gasteiger partial charge in [-0.3, -0.25) is 4.79 Å². The summed E-state index contributed by atoms with van der Waals surface area (Å²) >= 11 is 3.34. The normalized spacial score (nSPS) is 14.3. The molecule has 82 valence electrons. The first-order valence-corrected chi connectivity index (χ1v) is 5.70. The van der Waals surface area contributed by atoms with E-state index in [2.05, 4.69) is 26.3 Å². The average Bonchev–Trinajstić information content (AvgIpc) is 2.57. The van der Waals surface area contributed by atoms with Crippen LogP contribution in [-0.2, 0) is 6.54 Å². The summed E-state index contributed by atoms with van der Waals surface area (Å²) in [6.07, 6.45) is 0.927. The molecule has 0 saturated heterocycles. The quantitative estimate of drug-likeness (QED) is 0.881. The number of hydrogen-bond acceptors (Lipinski definition) is 3. The van der Waals surface area contributed by atoms with Gasteiger partial charge in [0.25, 0.3) is 5.91 Å². The van der Waals surface area contributed by atoms with Gasteiger partial charge in [-0.25, -0.2) is 4.68 Å². The van der Waals surface area contributed by atoms with Gasteiger partial charge in [0.15, 0.2) is 5.69 Å². The molecule has 15 heavy (non-hydrogen) atoms. The Balaban J connectivity index is 2.32. The molecule has 0 bridgehead atoms. The molecular weight excluding hydrogens is 262 g/mol. The Labute approximate surface area is 95.9 Å². The molecule has 2 heterocycles. The van der Waals surface area contributed by atoms with Crippen LogP contribution in [0.15, 0.2) is 4.47 Å². The second-order valence-electron chi connectivity index (χ2n) is 3.25. The molecule has 0 atom stereocenters. The third-order valence-electron chi connectivity index (χ3n) is 2.16. The van der Waals surface area contributed by atoms with Gasteiger partial charge in [0.2, 0.25) is 5.88 Å². The van der Waals surface area contributed by atoms with E-state index in [-0.39, 0.29) is 5.91 Å². The molecule has 0 fully saturated rings. The molecule has 0 spiro atoms. The lowest BCUT2D eigenvalue weighted by Crippen LogP contribution is -2.23. The number of hydrogen-bond donors (Lipinski definition) is 1. The molecule has 0 aliphatic carbocycles. The second kappa shape index (κ2) is 4.22. The van der Waals surface area contributed by atoms with Gasteiger partial charge in [-0.1, -0.05) is 0 Å². The molecule has 0 aromatic carbocycles. The Bertz CT molecular complexity index is 389. The highest BCUT2D eigenvalue weighted by Crippen LogP contribution is 2.30. The standard InChI is InChI=1S/C9H12BrN3O2/c1-2-11-8(14)7-6(10)9-13(12-7)4-3-5-15-9/h2-5H2,1H3,(H,11,14). The predicted octanol–water partition coefficient (Wildman–Crippen LogP) is 1.18. The van der Waals surface area contributed by atoms with Crippen molar-refractivity contribution in [1.29, 1.82) is 0 Å². The molecule has 1 aliphatic rings. The summed E-state index contributed by atoms with van der Waals surface area (Å²) in [5.41, 5.74) is 0.397. The number of carbonyl (C=O) groups excluding carboxylic acids is 1. The van der Waals surface area contributed by atoms with E-state index in [4.69, 9.17) is 4.74 Å². The minimum absolute atomic E-state index is 0.171. The van der Waals surface area contributed by atoms with Crippen molar-refractivity contribution < 1.29 is 9.53 Å². The van der Waals surface area contributed by atoms with Gasteiger partial charge >= 0.3 is 0 Å². The van der Waals surface area contributed by atoms with E-state index in [0.717, 1.165) is 13.0 Å². The van der Waals surface area contributed by atoms with Crippen molar-refractivity contribution in [2.75, 3.05) is 13.2 Å². The number of amides is 1. The van der Waals surface area contributed by atoms with Gasteiger partial charge in [-0.15, -0.1) is 0 Å². The Morgan fingerprint density at radius 1 is 1.73 bits per heavy atom. The number of aryl methyl sites for hydroxylation is 1. The van der Waals surface area contributed by atoms with Crippen LogP contribution in [0.2, 0.25) is 0 Å². The van der Waals surface area contributed by atoms with Crippen LogP contribution in [0.3, 0.4) is 0 Å². The number of nitrogens with one attached hydrogen (secondary N) is 1. The van der Waals surface area contributed by atoms with E-state index in [1.165, 1.54) is 0 Å². The highest BCUT2D eigenvalue weighted by Gasteiger charge is 2.23. The van der Waals surface area contributed by atoms with Crippen molar-refractivity contribution >= 4 is 21.8 Å². The SMILES string of the molecule is CCNC(=O)c1nn2c(c1Br)OCCC2. The fourth-order valence-electron chi connectivity index (χ4n) is 1.49. The van der Waals surface area contributed by atoms with Gasteiger partial charge in [-0.05, 0) is 22.9 Å². The molecule has 0 saturated carbocycles. The van der Waals surface area contributed by atoms with Crippen molar-refractivity contribution in [3.8, 4) is 5.88 Å². The van der Waals surface area contributed by atoms with Crippen LogP contribution in [0, 0.1) is 0 Å². The van der Waals surface area contributed by atoms with Crippen molar-refractivity contribution in [1.82, 2.24) is 15.1 Å². The molecule has 2 rings (SSSR count). The van der Waals surface area contributed by atoms with Crippen LogP contribution in [0.1, 0.15) is 23.8 Å². The number of carbonyl (C=O) groups is 1. The fourth-order valence-corrected chi connectivity index (χ4v) is 2.07. The number of halogens is 1. The van der Waals surface area contributed by atoms with Gasteiger partial charge in [0.1, 0.15) is 4.47 Å². The van der Waals surface area contributed by atoms with Crippen molar-refractivity contribution in [3.63, 3.8) is 0 Å². The zero-order chi connectivity index (χ0) is 10.8. The molecule has 0 unspecified atom stereocenters. The average molecular weight is 274 g/mol. The highest BCUT2D eigenvalue weighted by atomic mass is 79.9. The van der Waals surface area contributed by atoms with Crippen molar-refractivity contribution in [2.24, 2.45) is 0 Å². The smallest absolute Gasteiger partial charge is 0.273 e. The maximum Gasteiger partial charge on any atom is 0.273 e. The van der Waals surface area contributed by atoms with E-state index in [0.29, 0.717) is 29.2 Å². The minimum atomic E-state index is -0.171. The highest BCUT2D eigenvalue weighted by molar-refractivity contribution is 9.10. The maximum atomic E-state index is 11.6. The molecule has 6 heteroatoms. The van der Waals surface area contributed by atoms with Crippen LogP contribution in [0.25, 0.3) is 0 Å². The lowest BCUT2D eigenvalue weighted by molar-refractivity contribution is 0.0949. The van der Waals surface area contributed by atoms with E-state index < -0.39 is 0 Å². The maximum absolute atomic E-state index is 11.6. The lowest BCUT2D eigenvalue weighted by atomic mass is 10.4. The van der Waals surface area contributed by atoms with E-state index in [9.17, 15) is 4.79 Å². The van der Waals surface area contributed by atoms with E-state index in [1.54, 1.807) is 4.68 Å². The number of aromatic nitrogens is 2. The summed E-state index contributed by atoms with van der Waals surface area (Å²) in [7, 11) is 0. The van der Waals surface area contributed by atoms with Crippen molar-refractivity contribution in [3.05, 3.63) is 10.2 Å². The number of ether oxygens (including phenoxy) is 1. The summed E-state index contributed by atoms with van der Waals surface area (Å²) in [6.45, 7) is 3.94. The summed E-state index contributed by atoms with van der Waals surface area (Å²) in [4.78, 5) is 11.6. The van der Waals surface area contributed by atoms with Crippen LogP contribution < -0.4 is 10.1 Å². The van der Waals surface area contributed by atoms with E-state index >= 15 is 0 Å². The summed E-state index contributed by atoms with van der Waals surface area (Å²) in [5, 5.41) is 6.91. The first-order chi connectivity index (χ1) is 7.24. The Hall–Kier alpha value is -1.04. The summed E-state index contributed by atoms with van der Waals surface area (Å²) in [5.74, 6) is 0.484. The van der Waals surface area contributed by atoms with Gasteiger partial charge < -0.3 is 10.1 Å². The first kappa shape index (κ1) is 10.5. The summed E-state index contributed by atoms with van der Waals surface area (Å²) in [6, 6.07) is 0. The third-order valence-corrected chi connectivity index (χ3v) is 2.87. The largest absolute Gasteiger partial charge is 0.477 e. The number of nitrogens with zero attached hydrogens (tertiary/aromatic N) is 2. The van der Waals surface area contributed by atoms with Crippen LogP contribution in [0.5, 0.6) is 5.88 Å². The Kier molecular flexibility index (Phi) is 2.95. The molecule has 1 aromatic rings. The Morgan fingerprint density at radius 3 is 3.20 bits per heavy atom. The number of rotatable bonds is 2. The molecule has 5 nitrogen and oxygen atoms in total. The van der Waals surface area contributed by atoms with Crippen molar-refractivity contribution in [2.45, 2.75) is 19.9 Å². The molecule has 0 radical (unpaired) electrons. The van der Waals surface area contributed by atoms with Gasteiger partial charge in [0, 0.05) is 19.5 Å². The minimum Gasteiger partial charge on any atom is -0.477 e. The van der Waals surface area contributed by atoms with Crippen LogP contribution in [-0.4, -0.2) is 28.8 Å². The molecule has 1 aliphatic heterocycles. The second-order valence-corrected chi connectivity index (χ2v) is 4.05. The zero-order valence-corrected chi connectivity index (χ0v) is 10.0. The molecule has 1 amide bonds. The molecule has 1 N–H and O–H groups in total. The van der Waals surface area contributed by atoms with Gasteiger partial charge in [-0.2, -0.15) is 5.10 Å². The van der Waals surface area contributed by atoms with Gasteiger partial charge in [0.05, 0.1) is 6.61 Å². The van der Waals surface area contributed by atoms with Crippen LogP contribution >= 0.6 is 15.9 Å². The van der Waals surface area contributed by atoms with Crippen LogP contribution in [0.4, 0.5) is 0 Å². The predicted molar refractivity (Wildman–Crippen MR) is 58.0 cm³/mol. The topological polar surface area (TPSA) is 56.2 Å². The monoisotopic (exact) mass is 273 g/mol. The Morgan fingerprint density at radius 2 is 2.53 bits per heavy atom. The zero-order valence-electron chi connectivity index (χ0n) is 8.42. The summed E-state index contributed by atoms with van der Waals surface area (Å²) < 4.78 is 7.80. The fraction of sp³-hybridized carbons (Fsp3) is 0.556. The molecule has 1 aromatic heterocycles. The lowest BCUT2D eigenvalue weighted by Gasteiger charge is -2.14. The van der Waals surface area contributed by atoms with E-state index in [1.807, 2.05) is 6.92 Å².